The Bertz CT molecular complexity index is 723. The molecule has 27 heavy (non-hydrogen) atoms. The van der Waals surface area contributed by atoms with Gasteiger partial charge in [-0.05, 0) is 42.3 Å². The molecular weight excluding hydrogens is 360 g/mol. The molecule has 2 fully saturated rings. The number of ether oxygens (including phenoxy) is 1. The number of pyridine rings is 1. The maximum atomic E-state index is 12.6. The van der Waals surface area contributed by atoms with Gasteiger partial charge in [-0.2, -0.15) is 0 Å². The van der Waals surface area contributed by atoms with Gasteiger partial charge in [0, 0.05) is 18.0 Å². The van der Waals surface area contributed by atoms with E-state index in [1.54, 1.807) is 17.5 Å². The highest BCUT2D eigenvalue weighted by atomic mass is 32.1. The second-order valence-electron chi connectivity index (χ2n) is 7.14. The van der Waals surface area contributed by atoms with Gasteiger partial charge in [-0.25, -0.2) is 9.78 Å². The average Bonchev–Trinajstić information content (AvgIpc) is 3.42. The Hall–Kier alpha value is -2.12. The number of carbonyl (C=O) groups excluding carboxylic acids is 1. The lowest BCUT2D eigenvalue weighted by molar-refractivity contribution is 0.122. The quantitative estimate of drug-likeness (QED) is 0.814. The molecule has 2 aliphatic rings. The first kappa shape index (κ1) is 18.3. The van der Waals surface area contributed by atoms with Crippen molar-refractivity contribution in [2.45, 2.75) is 31.7 Å². The summed E-state index contributed by atoms with van der Waals surface area (Å²) < 4.78 is 5.37. The van der Waals surface area contributed by atoms with Crippen LogP contribution in [0.1, 0.15) is 36.6 Å². The maximum Gasteiger partial charge on any atom is 0.319 e. The molecule has 1 saturated carbocycles. The smallest absolute Gasteiger partial charge is 0.319 e. The summed E-state index contributed by atoms with van der Waals surface area (Å²) in [5.74, 6) is 1.45. The molecule has 1 atom stereocenters. The van der Waals surface area contributed by atoms with Crippen molar-refractivity contribution in [1.82, 2.24) is 10.3 Å². The number of aromatic nitrogens is 1. The van der Waals surface area contributed by atoms with Crippen LogP contribution in [0.5, 0.6) is 0 Å². The summed E-state index contributed by atoms with van der Waals surface area (Å²) >= 11 is 1.71. The maximum absolute atomic E-state index is 12.6. The molecule has 0 unspecified atom stereocenters. The lowest BCUT2D eigenvalue weighted by Gasteiger charge is -2.27. The third-order valence-corrected chi connectivity index (χ3v) is 6.30. The van der Waals surface area contributed by atoms with E-state index in [1.165, 1.54) is 30.6 Å². The summed E-state index contributed by atoms with van der Waals surface area (Å²) in [7, 11) is 0. The largest absolute Gasteiger partial charge is 0.378 e. The summed E-state index contributed by atoms with van der Waals surface area (Å²) in [5.41, 5.74) is 0.709. The number of anilines is 2. The van der Waals surface area contributed by atoms with Crippen LogP contribution < -0.4 is 15.5 Å². The number of hydrogen-bond acceptors (Lipinski definition) is 5. The van der Waals surface area contributed by atoms with Crippen LogP contribution >= 0.6 is 11.3 Å². The number of carbonyl (C=O) groups is 1. The van der Waals surface area contributed by atoms with Gasteiger partial charge in [0.15, 0.2) is 0 Å². The molecule has 2 aromatic rings. The Kier molecular flexibility index (Phi) is 5.89. The number of hydrogen-bond donors (Lipinski definition) is 2. The molecule has 1 saturated heterocycles. The lowest BCUT2D eigenvalue weighted by atomic mass is 9.97. The summed E-state index contributed by atoms with van der Waals surface area (Å²) in [6.45, 7) is 3.17. The minimum atomic E-state index is -0.166. The van der Waals surface area contributed by atoms with Crippen LogP contribution in [-0.4, -0.2) is 37.3 Å². The first-order valence-electron chi connectivity index (χ1n) is 9.69. The van der Waals surface area contributed by atoms with E-state index in [4.69, 9.17) is 4.74 Å². The summed E-state index contributed by atoms with van der Waals surface area (Å²) in [4.78, 5) is 20.5. The van der Waals surface area contributed by atoms with Gasteiger partial charge in [0.25, 0.3) is 0 Å². The fraction of sp³-hybridized carbons (Fsp3) is 0.500. The molecule has 2 N–H and O–H groups in total. The molecule has 1 aliphatic heterocycles. The Balaban J connectivity index is 1.37. The number of urea groups is 1. The van der Waals surface area contributed by atoms with Crippen molar-refractivity contribution in [3.63, 3.8) is 0 Å². The summed E-state index contributed by atoms with van der Waals surface area (Å²) in [5, 5.41) is 8.20. The molecule has 4 rings (SSSR count). The lowest BCUT2D eigenvalue weighted by Crippen LogP contribution is -2.37. The highest BCUT2D eigenvalue weighted by Crippen LogP contribution is 2.37. The second-order valence-corrected chi connectivity index (χ2v) is 8.12. The van der Waals surface area contributed by atoms with E-state index in [2.05, 4.69) is 38.0 Å². The van der Waals surface area contributed by atoms with Gasteiger partial charge in [0.2, 0.25) is 0 Å². The van der Waals surface area contributed by atoms with Gasteiger partial charge in [-0.3, -0.25) is 0 Å². The first-order chi connectivity index (χ1) is 13.3. The van der Waals surface area contributed by atoms with E-state index in [0.29, 0.717) is 11.6 Å². The van der Waals surface area contributed by atoms with Gasteiger partial charge in [-0.15, -0.1) is 11.3 Å². The van der Waals surface area contributed by atoms with Crippen LogP contribution in [0.15, 0.2) is 35.8 Å². The molecule has 0 spiro atoms. The summed E-state index contributed by atoms with van der Waals surface area (Å²) in [6, 6.07) is 7.96. The number of rotatable bonds is 5. The zero-order valence-corrected chi connectivity index (χ0v) is 16.2. The van der Waals surface area contributed by atoms with E-state index in [0.717, 1.165) is 32.1 Å². The Morgan fingerprint density at radius 3 is 2.70 bits per heavy atom. The first-order valence-corrected chi connectivity index (χ1v) is 10.6. The molecule has 7 heteroatoms. The van der Waals surface area contributed by atoms with E-state index in [1.807, 2.05) is 12.1 Å². The van der Waals surface area contributed by atoms with Gasteiger partial charge >= 0.3 is 6.03 Å². The van der Waals surface area contributed by atoms with Gasteiger partial charge in [0.05, 0.1) is 31.1 Å². The Morgan fingerprint density at radius 2 is 2.04 bits per heavy atom. The van der Waals surface area contributed by atoms with Crippen molar-refractivity contribution in [3.8, 4) is 0 Å². The Morgan fingerprint density at radius 1 is 1.22 bits per heavy atom. The Labute approximate surface area is 163 Å². The number of nitrogens with one attached hydrogen (secondary N) is 2. The minimum absolute atomic E-state index is 0.0908. The molecule has 144 valence electrons. The van der Waals surface area contributed by atoms with Crippen molar-refractivity contribution >= 4 is 28.9 Å². The second kappa shape index (κ2) is 8.71. The van der Waals surface area contributed by atoms with E-state index >= 15 is 0 Å². The van der Waals surface area contributed by atoms with E-state index in [-0.39, 0.29) is 12.1 Å². The fourth-order valence-electron chi connectivity index (χ4n) is 3.93. The van der Waals surface area contributed by atoms with Crippen LogP contribution in [0.2, 0.25) is 0 Å². The average molecular weight is 387 g/mol. The number of nitrogens with zero attached hydrogens (tertiary/aromatic N) is 2. The standard InChI is InChI=1S/C20H26N4O2S/c25-20(23-19(15-4-1-2-5-15)17-6-3-13-27-17)22-16-7-8-18(21-14-16)24-9-11-26-12-10-24/h3,6-8,13-15,19H,1-2,4-5,9-12H2,(H2,22,23,25)/t19-/m1/s1. The number of amides is 2. The van der Waals surface area contributed by atoms with Gasteiger partial charge in [0.1, 0.15) is 5.82 Å². The number of morpholine rings is 1. The SMILES string of the molecule is O=C(Nc1ccc(N2CCOCC2)nc1)N[C@@H](c1cccs1)C1CCCC1. The molecule has 3 heterocycles. The van der Waals surface area contributed by atoms with Crippen molar-refractivity contribution in [2.24, 2.45) is 5.92 Å². The normalized spacial score (nSPS) is 19.0. The zero-order valence-electron chi connectivity index (χ0n) is 15.4. The van der Waals surface area contributed by atoms with Crippen molar-refractivity contribution < 1.29 is 9.53 Å². The van der Waals surface area contributed by atoms with E-state index in [9.17, 15) is 4.79 Å². The zero-order chi connectivity index (χ0) is 18.5. The van der Waals surface area contributed by atoms with Crippen LogP contribution in [-0.2, 0) is 4.74 Å². The molecule has 2 amide bonds. The highest BCUT2D eigenvalue weighted by Gasteiger charge is 2.28. The third-order valence-electron chi connectivity index (χ3n) is 5.35. The van der Waals surface area contributed by atoms with Crippen LogP contribution in [0, 0.1) is 5.92 Å². The van der Waals surface area contributed by atoms with Crippen molar-refractivity contribution in [3.05, 3.63) is 40.7 Å². The van der Waals surface area contributed by atoms with Crippen LogP contribution in [0.4, 0.5) is 16.3 Å². The molecule has 0 radical (unpaired) electrons. The van der Waals surface area contributed by atoms with Crippen LogP contribution in [0.3, 0.4) is 0 Å². The van der Waals surface area contributed by atoms with Crippen LogP contribution in [0.25, 0.3) is 0 Å². The molecule has 0 bridgehead atoms. The monoisotopic (exact) mass is 386 g/mol. The predicted octanol–water partition coefficient (Wildman–Crippen LogP) is 4.03. The van der Waals surface area contributed by atoms with Crippen molar-refractivity contribution in [2.75, 3.05) is 36.5 Å². The molecule has 2 aromatic heterocycles. The number of thiophene rings is 1. The van der Waals surface area contributed by atoms with Crippen molar-refractivity contribution in [1.29, 1.82) is 0 Å². The molecule has 1 aliphatic carbocycles. The molecule has 6 nitrogen and oxygen atoms in total. The fourth-order valence-corrected chi connectivity index (χ4v) is 4.80. The third kappa shape index (κ3) is 4.59. The minimum Gasteiger partial charge on any atom is -0.378 e. The molecular formula is C20H26N4O2S. The van der Waals surface area contributed by atoms with E-state index < -0.39 is 0 Å². The summed E-state index contributed by atoms with van der Waals surface area (Å²) in [6.07, 6.45) is 6.59. The highest BCUT2D eigenvalue weighted by molar-refractivity contribution is 7.10. The topological polar surface area (TPSA) is 66.5 Å². The van der Waals surface area contributed by atoms with Gasteiger partial charge in [-0.1, -0.05) is 18.9 Å². The predicted molar refractivity (Wildman–Crippen MR) is 108 cm³/mol. The van der Waals surface area contributed by atoms with Gasteiger partial charge < -0.3 is 20.3 Å². The molecule has 0 aromatic carbocycles.